The molecule has 39 heavy (non-hydrogen) atoms. The van der Waals surface area contributed by atoms with E-state index in [4.69, 9.17) is 4.98 Å². The van der Waals surface area contributed by atoms with Crippen molar-refractivity contribution < 1.29 is 0 Å². The molecule has 0 saturated carbocycles. The van der Waals surface area contributed by atoms with E-state index in [0.717, 1.165) is 62.8 Å². The number of fused-ring (bicyclic) bond motifs is 3. The van der Waals surface area contributed by atoms with Crippen LogP contribution in [0.15, 0.2) is 103 Å². The van der Waals surface area contributed by atoms with Crippen molar-refractivity contribution in [2.45, 2.75) is 40.5 Å². The van der Waals surface area contributed by atoms with Crippen molar-refractivity contribution in [2.75, 3.05) is 4.90 Å². The van der Waals surface area contributed by atoms with E-state index in [0.29, 0.717) is 0 Å². The number of pyridine rings is 2. The molecule has 0 spiro atoms. The first-order valence-corrected chi connectivity index (χ1v) is 13.8. The van der Waals surface area contributed by atoms with Crippen molar-refractivity contribution in [1.82, 2.24) is 9.97 Å². The van der Waals surface area contributed by atoms with Crippen LogP contribution in [0.3, 0.4) is 0 Å². The molecule has 0 amide bonds. The summed E-state index contributed by atoms with van der Waals surface area (Å²) in [6, 6.07) is 33.0. The maximum Gasteiger partial charge on any atom is 0.0967 e. The SMILES string of the molecule is CCc1ccc(N(c2ccc(CC)cc2)c2ccc(-c3cnc4c(ccc5c(C)ccnc54)c3C)cc2)cc1. The molecule has 6 rings (SSSR count). The maximum absolute atomic E-state index is 4.90. The molecule has 0 fully saturated rings. The minimum Gasteiger partial charge on any atom is -0.311 e. The summed E-state index contributed by atoms with van der Waals surface area (Å²) in [5.41, 5.74) is 12.8. The Kier molecular flexibility index (Phi) is 6.58. The van der Waals surface area contributed by atoms with Gasteiger partial charge in [-0.05, 0) is 97.0 Å². The van der Waals surface area contributed by atoms with E-state index in [1.165, 1.54) is 22.3 Å². The van der Waals surface area contributed by atoms with Crippen molar-refractivity contribution in [3.63, 3.8) is 0 Å². The average Bonchev–Trinajstić information content (AvgIpc) is 2.99. The molecular formula is C36H33N3. The summed E-state index contributed by atoms with van der Waals surface area (Å²) < 4.78 is 0. The molecule has 0 atom stereocenters. The summed E-state index contributed by atoms with van der Waals surface area (Å²) in [5.74, 6) is 0. The third-order valence-corrected chi connectivity index (χ3v) is 7.88. The van der Waals surface area contributed by atoms with E-state index in [9.17, 15) is 0 Å². The number of benzene rings is 4. The molecule has 0 bridgehead atoms. The smallest absolute Gasteiger partial charge is 0.0967 e. The summed E-state index contributed by atoms with van der Waals surface area (Å²) >= 11 is 0. The Labute approximate surface area is 230 Å². The highest BCUT2D eigenvalue weighted by atomic mass is 15.1. The Morgan fingerprint density at radius 2 is 1.08 bits per heavy atom. The first kappa shape index (κ1) is 24.8. The molecule has 2 aromatic heterocycles. The number of aryl methyl sites for hydroxylation is 4. The lowest BCUT2D eigenvalue weighted by Crippen LogP contribution is -2.10. The molecule has 4 aromatic carbocycles. The molecular weight excluding hydrogens is 474 g/mol. The van der Waals surface area contributed by atoms with Gasteiger partial charge >= 0.3 is 0 Å². The lowest BCUT2D eigenvalue weighted by Gasteiger charge is -2.26. The van der Waals surface area contributed by atoms with Gasteiger partial charge in [-0.15, -0.1) is 0 Å². The van der Waals surface area contributed by atoms with Gasteiger partial charge in [0.05, 0.1) is 11.0 Å². The quantitative estimate of drug-likeness (QED) is 0.210. The highest BCUT2D eigenvalue weighted by Gasteiger charge is 2.15. The Morgan fingerprint density at radius 3 is 1.64 bits per heavy atom. The van der Waals surface area contributed by atoms with Crippen LogP contribution in [0, 0.1) is 13.8 Å². The van der Waals surface area contributed by atoms with E-state index in [1.54, 1.807) is 0 Å². The van der Waals surface area contributed by atoms with E-state index in [1.807, 2.05) is 12.4 Å². The highest BCUT2D eigenvalue weighted by Crippen LogP contribution is 2.37. The van der Waals surface area contributed by atoms with Gasteiger partial charge < -0.3 is 4.90 Å². The fourth-order valence-electron chi connectivity index (χ4n) is 5.44. The summed E-state index contributed by atoms with van der Waals surface area (Å²) in [6.07, 6.45) is 5.94. The fraction of sp³-hybridized carbons (Fsp3) is 0.167. The Hall–Kier alpha value is -4.50. The van der Waals surface area contributed by atoms with Crippen LogP contribution in [-0.2, 0) is 12.8 Å². The molecule has 0 unspecified atom stereocenters. The predicted molar refractivity (Wildman–Crippen MR) is 165 cm³/mol. The van der Waals surface area contributed by atoms with Crippen LogP contribution in [0.25, 0.3) is 32.9 Å². The van der Waals surface area contributed by atoms with Crippen LogP contribution >= 0.6 is 0 Å². The number of aromatic nitrogens is 2. The molecule has 0 saturated heterocycles. The minimum absolute atomic E-state index is 0.964. The number of hydrogen-bond acceptors (Lipinski definition) is 3. The number of hydrogen-bond donors (Lipinski definition) is 0. The Bertz CT molecular complexity index is 1720. The third-order valence-electron chi connectivity index (χ3n) is 7.88. The number of anilines is 3. The van der Waals surface area contributed by atoms with E-state index in [-0.39, 0.29) is 0 Å². The first-order chi connectivity index (χ1) is 19.1. The second-order valence-corrected chi connectivity index (χ2v) is 10.2. The van der Waals surface area contributed by atoms with E-state index < -0.39 is 0 Å². The Morgan fingerprint density at radius 1 is 0.564 bits per heavy atom. The van der Waals surface area contributed by atoms with Crippen molar-refractivity contribution in [2.24, 2.45) is 0 Å². The molecule has 192 valence electrons. The monoisotopic (exact) mass is 507 g/mol. The number of rotatable bonds is 6. The fourth-order valence-corrected chi connectivity index (χ4v) is 5.44. The van der Waals surface area contributed by atoms with Crippen LogP contribution in [0.4, 0.5) is 17.1 Å². The van der Waals surface area contributed by atoms with E-state index >= 15 is 0 Å². The topological polar surface area (TPSA) is 29.0 Å². The normalized spacial score (nSPS) is 11.3. The molecule has 0 aliphatic rings. The molecule has 3 heteroatoms. The van der Waals surface area contributed by atoms with Gasteiger partial charge in [-0.1, -0.05) is 62.4 Å². The molecule has 3 nitrogen and oxygen atoms in total. The lowest BCUT2D eigenvalue weighted by atomic mass is 9.97. The van der Waals surface area contributed by atoms with Crippen molar-refractivity contribution in [3.8, 4) is 11.1 Å². The zero-order valence-corrected chi connectivity index (χ0v) is 23.1. The average molecular weight is 508 g/mol. The largest absolute Gasteiger partial charge is 0.311 e. The van der Waals surface area contributed by atoms with Crippen molar-refractivity contribution in [3.05, 3.63) is 126 Å². The molecule has 0 aliphatic heterocycles. The van der Waals surface area contributed by atoms with Gasteiger partial charge in [0.15, 0.2) is 0 Å². The first-order valence-electron chi connectivity index (χ1n) is 13.8. The standard InChI is InChI=1S/C36H33N3/c1-5-26-7-13-29(14-8-26)39(30-15-9-27(6-2)10-16-30)31-17-11-28(12-18-31)34-23-38-36-33(25(34)4)20-19-32-24(3)21-22-37-35(32)36/h7-23H,5-6H2,1-4H3. The zero-order chi connectivity index (χ0) is 26.9. The Balaban J connectivity index is 1.41. The summed E-state index contributed by atoms with van der Waals surface area (Å²) in [6.45, 7) is 8.70. The van der Waals surface area contributed by atoms with Crippen LogP contribution in [0.5, 0.6) is 0 Å². The zero-order valence-electron chi connectivity index (χ0n) is 23.1. The third kappa shape index (κ3) is 4.55. The lowest BCUT2D eigenvalue weighted by molar-refractivity contribution is 1.13. The second-order valence-electron chi connectivity index (χ2n) is 10.2. The van der Waals surface area contributed by atoms with Gasteiger partial charge in [-0.25, -0.2) is 0 Å². The molecule has 6 aromatic rings. The van der Waals surface area contributed by atoms with Gasteiger partial charge in [-0.2, -0.15) is 0 Å². The van der Waals surface area contributed by atoms with Gasteiger partial charge in [0.25, 0.3) is 0 Å². The molecule has 0 N–H and O–H groups in total. The van der Waals surface area contributed by atoms with Gasteiger partial charge in [0.2, 0.25) is 0 Å². The summed E-state index contributed by atoms with van der Waals surface area (Å²) in [4.78, 5) is 11.9. The van der Waals surface area contributed by atoms with Gasteiger partial charge in [-0.3, -0.25) is 9.97 Å². The van der Waals surface area contributed by atoms with Crippen molar-refractivity contribution in [1.29, 1.82) is 0 Å². The van der Waals surface area contributed by atoms with E-state index in [2.05, 4.69) is 129 Å². The molecule has 2 heterocycles. The maximum atomic E-state index is 4.90. The van der Waals surface area contributed by atoms with Crippen LogP contribution in [-0.4, -0.2) is 9.97 Å². The molecule has 0 aliphatic carbocycles. The highest BCUT2D eigenvalue weighted by molar-refractivity contribution is 6.06. The van der Waals surface area contributed by atoms with Crippen LogP contribution in [0.2, 0.25) is 0 Å². The van der Waals surface area contributed by atoms with Crippen molar-refractivity contribution >= 4 is 38.9 Å². The minimum atomic E-state index is 0.964. The predicted octanol–water partition coefficient (Wildman–Crippen LogP) is 9.66. The second kappa shape index (κ2) is 10.3. The number of nitrogens with zero attached hydrogens (tertiary/aromatic N) is 3. The van der Waals surface area contributed by atoms with Crippen LogP contribution < -0.4 is 4.90 Å². The van der Waals surface area contributed by atoms with Crippen LogP contribution in [0.1, 0.15) is 36.1 Å². The van der Waals surface area contributed by atoms with Gasteiger partial charge in [0.1, 0.15) is 0 Å². The van der Waals surface area contributed by atoms with Gasteiger partial charge in [0, 0.05) is 45.8 Å². The summed E-state index contributed by atoms with van der Waals surface area (Å²) in [5, 5.41) is 2.31. The summed E-state index contributed by atoms with van der Waals surface area (Å²) in [7, 11) is 0. The molecule has 0 radical (unpaired) electrons.